The number of halogens is 1. The first-order chi connectivity index (χ1) is 24.4. The molecule has 51 heavy (non-hydrogen) atoms. The topological polar surface area (TPSA) is 157 Å². The molecule has 3 N–H and O–H groups in total. The molecule has 15 heteroatoms. The van der Waals surface area contributed by atoms with Crippen LogP contribution in [0.1, 0.15) is 0 Å². The van der Waals surface area contributed by atoms with Crippen molar-refractivity contribution in [2.24, 2.45) is 0 Å². The van der Waals surface area contributed by atoms with Crippen molar-refractivity contribution in [3.63, 3.8) is 0 Å². The normalized spacial score (nSPS) is 13.7. The van der Waals surface area contributed by atoms with Crippen LogP contribution in [0, 0.1) is 0 Å². The van der Waals surface area contributed by atoms with Crippen LogP contribution in [0.2, 0.25) is 0 Å². The molecule has 0 radical (unpaired) electrons. The molecule has 0 atom stereocenters. The summed E-state index contributed by atoms with van der Waals surface area (Å²) in [7, 11) is 1.72. The standard InChI is InChI=1S/C18H17N3O3S.C9H10ClNO3S.C9H8N2/c1-21-9-10-24-18-11-14(5-6-17(18)21)25(22,23)20-16-4-2-3-13-12-19-8-7-15(13)16;1-11-4-5-14-9-6-7(15(10,12)13)2-3-8(9)11;10-9-3-1-2-7-6-11-5-4-8(7)9/h2-8,11-12,20H,9-10H2,1H3;2-3,6H,4-5H2,1H3;1-6H,10H2. The maximum absolute atomic E-state index is 12.8. The lowest BCUT2D eigenvalue weighted by Gasteiger charge is -2.27. The molecule has 0 amide bonds. The number of aromatic nitrogens is 2. The second-order valence-electron chi connectivity index (χ2n) is 11.7. The number of hydrogen-bond acceptors (Lipinski definition) is 11. The van der Waals surface area contributed by atoms with Crippen LogP contribution in [-0.2, 0) is 19.1 Å². The van der Waals surface area contributed by atoms with Gasteiger partial charge in [-0.05, 0) is 48.5 Å². The first-order valence-corrected chi connectivity index (χ1v) is 19.5. The fraction of sp³-hybridized carbons (Fsp3) is 0.167. The number of rotatable bonds is 4. The van der Waals surface area contributed by atoms with Crippen LogP contribution in [-0.4, -0.2) is 67.2 Å². The van der Waals surface area contributed by atoms with Gasteiger partial charge in [0, 0.05) is 88.9 Å². The minimum Gasteiger partial charge on any atom is -0.490 e. The van der Waals surface area contributed by atoms with Crippen molar-refractivity contribution in [2.75, 3.05) is 60.7 Å². The van der Waals surface area contributed by atoms with Crippen molar-refractivity contribution in [2.45, 2.75) is 9.79 Å². The molecule has 0 spiro atoms. The Morgan fingerprint density at radius 3 is 1.82 bits per heavy atom. The maximum atomic E-state index is 12.8. The Bertz CT molecular complexity index is 2420. The number of benzene rings is 4. The lowest BCUT2D eigenvalue weighted by Crippen LogP contribution is -2.29. The van der Waals surface area contributed by atoms with Crippen LogP contribution >= 0.6 is 10.7 Å². The Morgan fingerprint density at radius 2 is 1.24 bits per heavy atom. The summed E-state index contributed by atoms with van der Waals surface area (Å²) in [5, 5.41) is 3.84. The number of nitrogens with one attached hydrogen (secondary N) is 1. The number of ether oxygens (including phenoxy) is 2. The summed E-state index contributed by atoms with van der Waals surface area (Å²) < 4.78 is 61.5. The predicted molar refractivity (Wildman–Crippen MR) is 202 cm³/mol. The molecule has 6 aromatic rings. The second-order valence-corrected chi connectivity index (χ2v) is 15.9. The molecule has 264 valence electrons. The summed E-state index contributed by atoms with van der Waals surface area (Å²) >= 11 is 0. The van der Waals surface area contributed by atoms with Gasteiger partial charge in [-0.3, -0.25) is 14.7 Å². The zero-order valence-corrected chi connectivity index (χ0v) is 30.1. The third kappa shape index (κ3) is 8.20. The van der Waals surface area contributed by atoms with Crippen LogP contribution < -0.4 is 29.7 Å². The summed E-state index contributed by atoms with van der Waals surface area (Å²) in [4.78, 5) is 12.4. The Labute approximate surface area is 300 Å². The SMILES string of the molecule is CN1CCOc2cc(S(=O)(=O)Cl)ccc21.CN1CCOc2cc(S(=O)(=O)Nc3cccc4cnccc34)ccc21.Nc1cccc2cnccc12. The van der Waals surface area contributed by atoms with Gasteiger partial charge >= 0.3 is 0 Å². The smallest absolute Gasteiger partial charge is 0.262 e. The number of nitrogen functional groups attached to an aromatic ring is 1. The number of hydrogen-bond donors (Lipinski definition) is 2. The second kappa shape index (κ2) is 14.9. The summed E-state index contributed by atoms with van der Waals surface area (Å²) in [5.74, 6) is 1.14. The highest BCUT2D eigenvalue weighted by Gasteiger charge is 2.22. The highest BCUT2D eigenvalue weighted by Crippen LogP contribution is 2.35. The summed E-state index contributed by atoms with van der Waals surface area (Å²) in [6.45, 7) is 2.66. The van der Waals surface area contributed by atoms with Gasteiger partial charge in [0.05, 0.1) is 39.9 Å². The molecule has 2 aliphatic rings. The van der Waals surface area contributed by atoms with Gasteiger partial charge in [-0.1, -0.05) is 24.3 Å². The summed E-state index contributed by atoms with van der Waals surface area (Å²) in [5.41, 5.74) is 8.83. The van der Waals surface area contributed by atoms with Crippen molar-refractivity contribution < 1.29 is 26.3 Å². The van der Waals surface area contributed by atoms with E-state index in [4.69, 9.17) is 25.9 Å². The average Bonchev–Trinajstić information content (AvgIpc) is 3.12. The number of anilines is 4. The molecule has 4 heterocycles. The fourth-order valence-corrected chi connectivity index (χ4v) is 7.42. The van der Waals surface area contributed by atoms with E-state index in [9.17, 15) is 16.8 Å². The Morgan fingerprint density at radius 1 is 0.706 bits per heavy atom. The summed E-state index contributed by atoms with van der Waals surface area (Å²) in [6, 6.07) is 24.5. The zero-order valence-electron chi connectivity index (χ0n) is 27.7. The molecular formula is C36H35ClN6O6S2. The van der Waals surface area contributed by atoms with Gasteiger partial charge in [0.15, 0.2) is 0 Å². The number of likely N-dealkylation sites (N-methyl/N-ethyl adjacent to an activating group) is 2. The monoisotopic (exact) mass is 746 g/mol. The van der Waals surface area contributed by atoms with Gasteiger partial charge in [-0.2, -0.15) is 0 Å². The number of pyridine rings is 2. The molecule has 0 saturated carbocycles. The highest BCUT2D eigenvalue weighted by atomic mass is 35.7. The van der Waals surface area contributed by atoms with E-state index < -0.39 is 19.1 Å². The van der Waals surface area contributed by atoms with E-state index in [1.54, 1.807) is 61.1 Å². The molecule has 0 unspecified atom stereocenters. The maximum Gasteiger partial charge on any atom is 0.262 e. The average molecular weight is 747 g/mol. The van der Waals surface area contributed by atoms with Crippen molar-refractivity contribution in [1.82, 2.24) is 9.97 Å². The molecule has 12 nitrogen and oxygen atoms in total. The number of nitrogens with two attached hydrogens (primary N) is 1. The molecular weight excluding hydrogens is 712 g/mol. The van der Waals surface area contributed by atoms with Crippen molar-refractivity contribution in [1.29, 1.82) is 0 Å². The third-order valence-corrected chi connectivity index (χ3v) is 11.0. The molecule has 0 fully saturated rings. The number of fused-ring (bicyclic) bond motifs is 4. The quantitative estimate of drug-likeness (QED) is 0.158. The van der Waals surface area contributed by atoms with Gasteiger partial charge in [0.2, 0.25) is 0 Å². The molecule has 4 aromatic carbocycles. The molecule has 0 saturated heterocycles. The van der Waals surface area contributed by atoms with E-state index in [0.29, 0.717) is 30.4 Å². The van der Waals surface area contributed by atoms with Crippen LogP contribution in [0.15, 0.2) is 120 Å². The predicted octanol–water partition coefficient (Wildman–Crippen LogP) is 6.12. The molecule has 0 aliphatic carbocycles. The van der Waals surface area contributed by atoms with E-state index in [-0.39, 0.29) is 9.79 Å². The molecule has 2 aliphatic heterocycles. The van der Waals surface area contributed by atoms with Crippen molar-refractivity contribution >= 4 is 74.1 Å². The van der Waals surface area contributed by atoms with Gasteiger partial charge in [0.25, 0.3) is 19.1 Å². The van der Waals surface area contributed by atoms with E-state index in [2.05, 4.69) is 14.7 Å². The summed E-state index contributed by atoms with van der Waals surface area (Å²) in [6.07, 6.45) is 6.91. The third-order valence-electron chi connectivity index (χ3n) is 8.28. The Balaban J connectivity index is 0.000000146. The molecule has 2 aromatic heterocycles. The van der Waals surface area contributed by atoms with Crippen LogP contribution in [0.4, 0.5) is 22.7 Å². The lowest BCUT2D eigenvalue weighted by molar-refractivity contribution is 0.310. The van der Waals surface area contributed by atoms with Gasteiger partial charge < -0.3 is 25.0 Å². The van der Waals surface area contributed by atoms with Gasteiger partial charge in [0.1, 0.15) is 24.7 Å². The van der Waals surface area contributed by atoms with E-state index in [0.717, 1.165) is 51.7 Å². The molecule has 8 rings (SSSR count). The van der Waals surface area contributed by atoms with Gasteiger partial charge in [-0.25, -0.2) is 16.8 Å². The minimum absolute atomic E-state index is 0.0678. The van der Waals surface area contributed by atoms with E-state index in [1.165, 1.54) is 12.1 Å². The van der Waals surface area contributed by atoms with E-state index in [1.807, 2.05) is 60.4 Å². The number of sulfonamides is 1. The first-order valence-electron chi connectivity index (χ1n) is 15.7. The highest BCUT2D eigenvalue weighted by molar-refractivity contribution is 8.13. The van der Waals surface area contributed by atoms with Crippen molar-refractivity contribution in [3.8, 4) is 11.5 Å². The minimum atomic E-state index is -3.72. The lowest BCUT2D eigenvalue weighted by atomic mass is 10.1. The van der Waals surface area contributed by atoms with Crippen LogP contribution in [0.25, 0.3) is 21.5 Å². The largest absolute Gasteiger partial charge is 0.490 e. The van der Waals surface area contributed by atoms with E-state index >= 15 is 0 Å². The Kier molecular flexibility index (Phi) is 10.4. The van der Waals surface area contributed by atoms with Gasteiger partial charge in [-0.15, -0.1) is 0 Å². The Hall–Kier alpha value is -5.31. The fourth-order valence-electron chi connectivity index (χ4n) is 5.56. The van der Waals surface area contributed by atoms with Crippen LogP contribution in [0.5, 0.6) is 11.5 Å². The molecule has 0 bridgehead atoms. The van der Waals surface area contributed by atoms with Crippen LogP contribution in [0.3, 0.4) is 0 Å². The first kappa shape index (κ1) is 35.5. The zero-order chi connectivity index (χ0) is 36.2. The number of nitrogens with zero attached hydrogens (tertiary/aromatic N) is 4. The van der Waals surface area contributed by atoms with Crippen molar-refractivity contribution in [3.05, 3.63) is 110 Å².